The Morgan fingerprint density at radius 1 is 1.25 bits per heavy atom. The number of fused-ring (bicyclic) bond motifs is 2. The molecule has 0 radical (unpaired) electrons. The van der Waals surface area contributed by atoms with Crippen molar-refractivity contribution in [2.45, 2.75) is 58.1 Å². The van der Waals surface area contributed by atoms with Gasteiger partial charge in [-0.2, -0.15) is 10.1 Å². The fourth-order valence-corrected chi connectivity index (χ4v) is 5.13. The topological polar surface area (TPSA) is 116 Å². The Morgan fingerprint density at radius 2 is 2.07 bits per heavy atom. The van der Waals surface area contributed by atoms with Gasteiger partial charge in [0.25, 0.3) is 0 Å². The van der Waals surface area contributed by atoms with Gasteiger partial charge in [-0.15, -0.1) is 0 Å². The van der Waals surface area contributed by atoms with Crippen LogP contribution >= 0.6 is 0 Å². The summed E-state index contributed by atoms with van der Waals surface area (Å²) in [4.78, 5) is 20.3. The van der Waals surface area contributed by atoms with Gasteiger partial charge in [0.2, 0.25) is 5.95 Å². The van der Waals surface area contributed by atoms with Crippen molar-refractivity contribution in [2.75, 3.05) is 10.6 Å². The second kappa shape index (κ2) is 7.16. The van der Waals surface area contributed by atoms with Crippen LogP contribution < -0.4 is 10.6 Å². The van der Waals surface area contributed by atoms with E-state index in [0.717, 1.165) is 37.7 Å². The van der Waals surface area contributed by atoms with E-state index in [-0.39, 0.29) is 6.04 Å². The Morgan fingerprint density at radius 3 is 2.79 bits per heavy atom. The number of anilines is 3. The fraction of sp³-hybridized carbons (Fsp3) is 0.600. The molecule has 2 aliphatic rings. The van der Waals surface area contributed by atoms with Crippen LogP contribution in [0.15, 0.2) is 12.1 Å². The zero-order valence-electron chi connectivity index (χ0n) is 16.6. The lowest BCUT2D eigenvalue weighted by molar-refractivity contribution is -0.0502. The maximum atomic E-state index is 11.4. The van der Waals surface area contributed by atoms with Crippen LogP contribution in [0.3, 0.4) is 0 Å². The molecule has 0 saturated heterocycles. The molecule has 4 N–H and O–H groups in total. The van der Waals surface area contributed by atoms with Crippen molar-refractivity contribution in [3.8, 4) is 0 Å². The zero-order chi connectivity index (χ0) is 19.9. The molecular weight excluding hydrogens is 356 g/mol. The number of aromatic nitrogens is 4. The molecule has 2 saturated carbocycles. The van der Waals surface area contributed by atoms with Crippen LogP contribution in [-0.2, 0) is 0 Å². The average molecular weight is 384 g/mol. The van der Waals surface area contributed by atoms with E-state index in [1.807, 2.05) is 19.9 Å². The van der Waals surface area contributed by atoms with Crippen LogP contribution in [0.25, 0.3) is 0 Å². The van der Waals surface area contributed by atoms with Gasteiger partial charge < -0.3 is 15.7 Å². The third kappa shape index (κ3) is 4.01. The highest BCUT2D eigenvalue weighted by atomic mass is 16.3. The van der Waals surface area contributed by atoms with Gasteiger partial charge in [0.15, 0.2) is 12.1 Å². The number of hydrogen-bond acceptors (Lipinski definition) is 7. The van der Waals surface area contributed by atoms with E-state index in [1.54, 1.807) is 6.07 Å². The summed E-state index contributed by atoms with van der Waals surface area (Å²) in [6.45, 7) is 6.10. The zero-order valence-corrected chi connectivity index (χ0v) is 16.6. The highest BCUT2D eigenvalue weighted by Gasteiger charge is 2.45. The summed E-state index contributed by atoms with van der Waals surface area (Å²) in [7, 11) is 0. The highest BCUT2D eigenvalue weighted by molar-refractivity contribution is 5.74. The molecule has 5 atom stereocenters. The Kier molecular flexibility index (Phi) is 4.82. The van der Waals surface area contributed by atoms with E-state index < -0.39 is 5.60 Å². The Hall–Kier alpha value is -2.48. The molecule has 2 bridgehead atoms. The first-order chi connectivity index (χ1) is 13.3. The van der Waals surface area contributed by atoms with Crippen LogP contribution in [0, 0.1) is 24.7 Å². The van der Waals surface area contributed by atoms with Crippen LogP contribution in [0.4, 0.5) is 17.6 Å². The second-order valence-corrected chi connectivity index (χ2v) is 8.83. The number of carbonyl (C=O) groups is 1. The first-order valence-electron chi connectivity index (χ1n) is 9.93. The second-order valence-electron chi connectivity index (χ2n) is 8.83. The molecule has 2 fully saturated rings. The van der Waals surface area contributed by atoms with Gasteiger partial charge in [-0.3, -0.25) is 9.89 Å². The number of aldehydes is 1. The first kappa shape index (κ1) is 18.9. The van der Waals surface area contributed by atoms with Crippen molar-refractivity contribution in [3.63, 3.8) is 0 Å². The minimum Gasteiger partial charge on any atom is -0.390 e. The summed E-state index contributed by atoms with van der Waals surface area (Å²) in [5, 5.41) is 24.2. The predicted octanol–water partition coefficient (Wildman–Crippen LogP) is 3.05. The molecule has 2 aromatic heterocycles. The average Bonchev–Trinajstić information content (AvgIpc) is 3.01. The predicted molar refractivity (Wildman–Crippen MR) is 107 cm³/mol. The lowest BCUT2D eigenvalue weighted by atomic mass is 9.61. The van der Waals surface area contributed by atoms with Crippen molar-refractivity contribution in [2.24, 2.45) is 17.8 Å². The maximum Gasteiger partial charge on any atom is 0.225 e. The Bertz CT molecular complexity index is 862. The van der Waals surface area contributed by atoms with E-state index >= 15 is 0 Å². The number of aromatic amines is 1. The molecule has 5 unspecified atom stereocenters. The minimum atomic E-state index is -0.607. The Balaban J connectivity index is 1.56. The molecule has 0 aliphatic heterocycles. The van der Waals surface area contributed by atoms with Gasteiger partial charge in [-0.25, -0.2) is 4.98 Å². The summed E-state index contributed by atoms with van der Waals surface area (Å²) in [6.07, 6.45) is 4.57. The minimum absolute atomic E-state index is 0.172. The van der Waals surface area contributed by atoms with Gasteiger partial charge in [0, 0.05) is 23.9 Å². The summed E-state index contributed by atoms with van der Waals surface area (Å²) >= 11 is 0. The number of nitrogens with zero attached hydrogens (tertiary/aromatic N) is 3. The molecule has 150 valence electrons. The smallest absolute Gasteiger partial charge is 0.225 e. The molecule has 8 heteroatoms. The molecule has 0 amide bonds. The number of carbonyl (C=O) groups excluding carboxylic acids is 1. The molecular formula is C20H28N6O2. The summed E-state index contributed by atoms with van der Waals surface area (Å²) in [5.41, 5.74) is 0.633. The highest BCUT2D eigenvalue weighted by Crippen LogP contribution is 2.47. The quantitative estimate of drug-likeness (QED) is 0.586. The van der Waals surface area contributed by atoms with Gasteiger partial charge in [0.05, 0.1) is 5.60 Å². The van der Waals surface area contributed by atoms with E-state index in [9.17, 15) is 9.90 Å². The molecule has 8 nitrogen and oxygen atoms in total. The molecule has 2 aromatic rings. The van der Waals surface area contributed by atoms with E-state index in [0.29, 0.717) is 41.0 Å². The van der Waals surface area contributed by atoms with Gasteiger partial charge >= 0.3 is 0 Å². The van der Waals surface area contributed by atoms with Crippen LogP contribution in [0.5, 0.6) is 0 Å². The first-order valence-corrected chi connectivity index (χ1v) is 9.93. The fourth-order valence-electron chi connectivity index (χ4n) is 5.13. The van der Waals surface area contributed by atoms with Crippen molar-refractivity contribution in [1.82, 2.24) is 20.2 Å². The third-order valence-corrected chi connectivity index (χ3v) is 6.02. The number of H-pyrrole nitrogens is 1. The van der Waals surface area contributed by atoms with Crippen LogP contribution in [0.1, 0.15) is 55.7 Å². The molecule has 0 aromatic carbocycles. The Labute approximate surface area is 164 Å². The monoisotopic (exact) mass is 384 g/mol. The molecule has 4 rings (SSSR count). The van der Waals surface area contributed by atoms with Crippen LogP contribution in [-0.4, -0.2) is 43.2 Å². The summed E-state index contributed by atoms with van der Waals surface area (Å²) < 4.78 is 0. The summed E-state index contributed by atoms with van der Waals surface area (Å²) in [5.74, 6) is 2.98. The maximum absolute atomic E-state index is 11.4. The standard InChI is InChI=1S/C20H28N6O2/c1-11-4-13-6-14(9-20(3,28)8-13)18(11)24-19-21-15(10-27)7-16(23-19)22-17-5-12(2)25-26-17/h5,7,10-11,13-14,18,28H,4,6,8-9H2,1-3H3,(H3,21,22,23,24,25,26). The number of rotatable bonds is 5. The SMILES string of the molecule is Cc1cc(Nc2cc(C=O)nc(NC3C(C)CC4CC3CC(C)(O)C4)n2)n[nH]1. The lowest BCUT2D eigenvalue weighted by Crippen LogP contribution is -2.50. The van der Waals surface area contributed by atoms with Gasteiger partial charge in [-0.05, 0) is 57.3 Å². The molecule has 0 spiro atoms. The van der Waals surface area contributed by atoms with Crippen molar-refractivity contribution >= 4 is 23.9 Å². The molecule has 2 heterocycles. The van der Waals surface area contributed by atoms with E-state index in [4.69, 9.17) is 0 Å². The normalized spacial score (nSPS) is 32.0. The number of nitrogens with one attached hydrogen (secondary N) is 3. The van der Waals surface area contributed by atoms with Gasteiger partial charge in [0.1, 0.15) is 11.5 Å². The number of hydrogen-bond donors (Lipinski definition) is 4. The van der Waals surface area contributed by atoms with E-state index in [1.165, 1.54) is 0 Å². The third-order valence-electron chi connectivity index (χ3n) is 6.02. The summed E-state index contributed by atoms with van der Waals surface area (Å²) in [6, 6.07) is 3.64. The lowest BCUT2D eigenvalue weighted by Gasteiger charge is -2.49. The van der Waals surface area contributed by atoms with Crippen LogP contribution in [0.2, 0.25) is 0 Å². The van der Waals surface area contributed by atoms with Crippen molar-refractivity contribution in [1.29, 1.82) is 0 Å². The molecule has 2 aliphatic carbocycles. The molecule has 28 heavy (non-hydrogen) atoms. The van der Waals surface area contributed by atoms with E-state index in [2.05, 4.69) is 37.7 Å². The van der Waals surface area contributed by atoms with Crippen molar-refractivity contribution < 1.29 is 9.90 Å². The van der Waals surface area contributed by atoms with Crippen molar-refractivity contribution in [3.05, 3.63) is 23.5 Å². The largest absolute Gasteiger partial charge is 0.390 e. The number of aliphatic hydroxyl groups is 1. The number of aryl methyl sites for hydroxylation is 1. The van der Waals surface area contributed by atoms with Gasteiger partial charge in [-0.1, -0.05) is 6.92 Å².